The van der Waals surface area contributed by atoms with Gasteiger partial charge >= 0.3 is 5.97 Å². The molecule has 0 radical (unpaired) electrons. The minimum absolute atomic E-state index is 0.00826. The SMILES string of the molecule is COc1ccc(NC(=O)[C@@H](C)OC(=O)Cc2ccc(NC(C)=O)cc2)cc1OC. The van der Waals surface area contributed by atoms with Gasteiger partial charge in [-0.1, -0.05) is 12.1 Å². The van der Waals surface area contributed by atoms with E-state index in [4.69, 9.17) is 14.2 Å². The van der Waals surface area contributed by atoms with E-state index >= 15 is 0 Å². The van der Waals surface area contributed by atoms with Gasteiger partial charge in [-0.05, 0) is 36.8 Å². The molecule has 0 aliphatic rings. The van der Waals surface area contributed by atoms with Gasteiger partial charge < -0.3 is 24.8 Å². The van der Waals surface area contributed by atoms with Gasteiger partial charge in [-0.25, -0.2) is 0 Å². The number of methoxy groups -OCH3 is 2. The number of carbonyl (C=O) groups excluding carboxylic acids is 3. The largest absolute Gasteiger partial charge is 0.493 e. The molecule has 1 atom stereocenters. The lowest BCUT2D eigenvalue weighted by Crippen LogP contribution is -2.30. The molecule has 0 saturated heterocycles. The summed E-state index contributed by atoms with van der Waals surface area (Å²) in [7, 11) is 3.02. The highest BCUT2D eigenvalue weighted by molar-refractivity contribution is 5.95. The molecule has 2 rings (SSSR count). The summed E-state index contributed by atoms with van der Waals surface area (Å²) in [5.74, 6) is -0.169. The zero-order chi connectivity index (χ0) is 21.4. The van der Waals surface area contributed by atoms with Crippen molar-refractivity contribution in [3.63, 3.8) is 0 Å². The summed E-state index contributed by atoms with van der Waals surface area (Å²) < 4.78 is 15.6. The van der Waals surface area contributed by atoms with Crippen LogP contribution >= 0.6 is 0 Å². The molecule has 0 aromatic heterocycles. The van der Waals surface area contributed by atoms with Gasteiger partial charge in [0.1, 0.15) is 0 Å². The van der Waals surface area contributed by atoms with Crippen LogP contribution in [0, 0.1) is 0 Å². The van der Waals surface area contributed by atoms with Crippen molar-refractivity contribution >= 4 is 29.2 Å². The summed E-state index contributed by atoms with van der Waals surface area (Å²) in [5.41, 5.74) is 1.83. The molecule has 2 aromatic carbocycles. The van der Waals surface area contributed by atoms with Crippen LogP contribution in [0.25, 0.3) is 0 Å². The Morgan fingerprint density at radius 3 is 2.10 bits per heavy atom. The van der Waals surface area contributed by atoms with Gasteiger partial charge in [-0.15, -0.1) is 0 Å². The first kappa shape index (κ1) is 21.7. The summed E-state index contributed by atoms with van der Waals surface area (Å²) in [6, 6.07) is 11.7. The van der Waals surface area contributed by atoms with Crippen molar-refractivity contribution in [2.24, 2.45) is 0 Å². The number of hydrogen-bond acceptors (Lipinski definition) is 6. The fourth-order valence-electron chi connectivity index (χ4n) is 2.53. The lowest BCUT2D eigenvalue weighted by atomic mass is 10.1. The second kappa shape index (κ2) is 10.1. The molecule has 2 N–H and O–H groups in total. The van der Waals surface area contributed by atoms with E-state index < -0.39 is 18.0 Å². The number of amides is 2. The summed E-state index contributed by atoms with van der Waals surface area (Å²) in [6.45, 7) is 2.91. The van der Waals surface area contributed by atoms with E-state index in [1.165, 1.54) is 28.1 Å². The molecule has 154 valence electrons. The van der Waals surface area contributed by atoms with E-state index in [1.807, 2.05) is 0 Å². The maximum atomic E-state index is 12.3. The molecular weight excluding hydrogens is 376 g/mol. The number of rotatable bonds is 8. The monoisotopic (exact) mass is 400 g/mol. The Morgan fingerprint density at radius 1 is 0.897 bits per heavy atom. The number of nitrogens with one attached hydrogen (secondary N) is 2. The minimum Gasteiger partial charge on any atom is -0.493 e. The molecular formula is C21H24N2O6. The van der Waals surface area contributed by atoms with Crippen molar-refractivity contribution < 1.29 is 28.6 Å². The van der Waals surface area contributed by atoms with Gasteiger partial charge in [-0.2, -0.15) is 0 Å². The van der Waals surface area contributed by atoms with Crippen molar-refractivity contribution in [3.8, 4) is 11.5 Å². The average molecular weight is 400 g/mol. The van der Waals surface area contributed by atoms with Gasteiger partial charge in [0.05, 0.1) is 20.6 Å². The topological polar surface area (TPSA) is 103 Å². The van der Waals surface area contributed by atoms with Crippen LogP contribution in [0.1, 0.15) is 19.4 Å². The smallest absolute Gasteiger partial charge is 0.311 e. The van der Waals surface area contributed by atoms with Gasteiger partial charge in [0, 0.05) is 24.4 Å². The Labute approximate surface area is 169 Å². The Hall–Kier alpha value is -3.55. The molecule has 2 amide bonds. The number of benzene rings is 2. The predicted octanol–water partition coefficient (Wildman–Crippen LogP) is 2.78. The van der Waals surface area contributed by atoms with Crippen LogP contribution in [-0.4, -0.2) is 38.1 Å². The van der Waals surface area contributed by atoms with E-state index in [9.17, 15) is 14.4 Å². The maximum absolute atomic E-state index is 12.3. The summed E-state index contributed by atoms with van der Waals surface area (Å²) in [6.07, 6.45) is -0.969. The normalized spacial score (nSPS) is 11.2. The quantitative estimate of drug-likeness (QED) is 0.661. The summed E-state index contributed by atoms with van der Waals surface area (Å²) in [4.78, 5) is 35.4. The highest BCUT2D eigenvalue weighted by atomic mass is 16.5. The number of ether oxygens (including phenoxy) is 3. The number of esters is 1. The Balaban J connectivity index is 1.90. The first-order chi connectivity index (χ1) is 13.8. The predicted molar refractivity (Wildman–Crippen MR) is 108 cm³/mol. The molecule has 0 spiro atoms. The molecule has 8 heteroatoms. The summed E-state index contributed by atoms with van der Waals surface area (Å²) in [5, 5.41) is 5.32. The van der Waals surface area contributed by atoms with Gasteiger partial charge in [0.2, 0.25) is 5.91 Å². The number of anilines is 2. The molecule has 0 heterocycles. The molecule has 0 aliphatic carbocycles. The number of hydrogen-bond donors (Lipinski definition) is 2. The highest BCUT2D eigenvalue weighted by Gasteiger charge is 2.19. The first-order valence-corrected chi connectivity index (χ1v) is 8.91. The molecule has 0 unspecified atom stereocenters. The van der Waals surface area contributed by atoms with E-state index in [0.29, 0.717) is 28.4 Å². The lowest BCUT2D eigenvalue weighted by molar-refractivity contribution is -0.152. The van der Waals surface area contributed by atoms with Crippen LogP contribution in [0.15, 0.2) is 42.5 Å². The summed E-state index contributed by atoms with van der Waals surface area (Å²) >= 11 is 0. The van der Waals surface area contributed by atoms with Gasteiger partial charge in [0.15, 0.2) is 17.6 Å². The maximum Gasteiger partial charge on any atom is 0.311 e. The zero-order valence-electron chi connectivity index (χ0n) is 16.8. The van der Waals surface area contributed by atoms with E-state index in [-0.39, 0.29) is 12.3 Å². The minimum atomic E-state index is -0.978. The van der Waals surface area contributed by atoms with Crippen LogP contribution in [0.5, 0.6) is 11.5 Å². The standard InChI is InChI=1S/C21H24N2O6/c1-13(21(26)23-17-9-10-18(27-3)19(12-17)28-4)29-20(25)11-15-5-7-16(8-6-15)22-14(2)24/h5-10,12-13H,11H2,1-4H3,(H,22,24)(H,23,26)/t13-/m1/s1. The Bertz CT molecular complexity index is 879. The third kappa shape index (κ3) is 6.53. The highest BCUT2D eigenvalue weighted by Crippen LogP contribution is 2.29. The van der Waals surface area contributed by atoms with Gasteiger partial charge in [0.25, 0.3) is 5.91 Å². The molecule has 2 aromatic rings. The second-order valence-electron chi connectivity index (χ2n) is 6.25. The van der Waals surface area contributed by atoms with Crippen molar-refractivity contribution in [2.75, 3.05) is 24.9 Å². The van der Waals surface area contributed by atoms with Crippen molar-refractivity contribution in [2.45, 2.75) is 26.4 Å². The molecule has 0 bridgehead atoms. The van der Waals surface area contributed by atoms with Crippen molar-refractivity contribution in [1.82, 2.24) is 0 Å². The third-order valence-corrected chi connectivity index (χ3v) is 3.95. The van der Waals surface area contributed by atoms with E-state index in [0.717, 1.165) is 0 Å². The van der Waals surface area contributed by atoms with Crippen LogP contribution in [0.4, 0.5) is 11.4 Å². The fourth-order valence-corrected chi connectivity index (χ4v) is 2.53. The third-order valence-electron chi connectivity index (χ3n) is 3.95. The van der Waals surface area contributed by atoms with Crippen molar-refractivity contribution in [3.05, 3.63) is 48.0 Å². The molecule has 0 fully saturated rings. The van der Waals surface area contributed by atoms with Crippen LogP contribution in [0.3, 0.4) is 0 Å². The molecule has 0 aliphatic heterocycles. The van der Waals surface area contributed by atoms with E-state index in [1.54, 1.807) is 42.5 Å². The van der Waals surface area contributed by atoms with Gasteiger partial charge in [-0.3, -0.25) is 14.4 Å². The fraction of sp³-hybridized carbons (Fsp3) is 0.286. The zero-order valence-corrected chi connectivity index (χ0v) is 16.8. The molecule has 29 heavy (non-hydrogen) atoms. The molecule has 0 saturated carbocycles. The Morgan fingerprint density at radius 2 is 1.52 bits per heavy atom. The Kier molecular flexibility index (Phi) is 7.59. The van der Waals surface area contributed by atoms with Crippen LogP contribution < -0.4 is 20.1 Å². The molecule has 8 nitrogen and oxygen atoms in total. The lowest BCUT2D eigenvalue weighted by Gasteiger charge is -2.15. The second-order valence-corrected chi connectivity index (χ2v) is 6.25. The van der Waals surface area contributed by atoms with Crippen molar-refractivity contribution in [1.29, 1.82) is 0 Å². The van der Waals surface area contributed by atoms with E-state index in [2.05, 4.69) is 10.6 Å². The first-order valence-electron chi connectivity index (χ1n) is 8.91. The average Bonchev–Trinajstić information content (AvgIpc) is 2.68. The number of carbonyl (C=O) groups is 3. The van der Waals surface area contributed by atoms with Crippen LogP contribution in [-0.2, 0) is 25.5 Å². The van der Waals surface area contributed by atoms with Crippen LogP contribution in [0.2, 0.25) is 0 Å².